The van der Waals surface area contributed by atoms with E-state index in [1.54, 1.807) is 31.2 Å². The number of hydrogen-bond donors (Lipinski definition) is 1. The van der Waals surface area contributed by atoms with Gasteiger partial charge in [0.1, 0.15) is 17.3 Å². The van der Waals surface area contributed by atoms with Gasteiger partial charge in [-0.2, -0.15) is 0 Å². The highest BCUT2D eigenvalue weighted by Crippen LogP contribution is 2.38. The quantitative estimate of drug-likeness (QED) is 0.694. The number of ether oxygens (including phenoxy) is 1. The van der Waals surface area contributed by atoms with Crippen molar-refractivity contribution in [1.29, 1.82) is 0 Å². The molecule has 2 nitrogen and oxygen atoms in total. The zero-order chi connectivity index (χ0) is 14.9. The molecule has 0 aromatic heterocycles. The smallest absolute Gasteiger partial charge is 0.147 e. The maximum absolute atomic E-state index is 13.8. The first-order valence-corrected chi connectivity index (χ1v) is 7.31. The van der Waals surface area contributed by atoms with Crippen LogP contribution >= 0.6 is 39.1 Å². The summed E-state index contributed by atoms with van der Waals surface area (Å²) in [4.78, 5) is 0. The lowest BCUT2D eigenvalue weighted by molar-refractivity contribution is 0.461. The summed E-state index contributed by atoms with van der Waals surface area (Å²) in [6.45, 7) is 1.68. The van der Waals surface area contributed by atoms with Gasteiger partial charge in [0.25, 0.3) is 0 Å². The highest BCUT2D eigenvalue weighted by atomic mass is 79.9. The maximum atomic E-state index is 13.8. The zero-order valence-electron chi connectivity index (χ0n) is 10.5. The van der Waals surface area contributed by atoms with Gasteiger partial charge in [0.15, 0.2) is 0 Å². The summed E-state index contributed by atoms with van der Waals surface area (Å²) < 4.78 is 20.1. The van der Waals surface area contributed by atoms with Gasteiger partial charge in [-0.1, -0.05) is 29.3 Å². The van der Waals surface area contributed by atoms with E-state index in [0.717, 1.165) is 0 Å². The van der Waals surface area contributed by atoms with E-state index in [-0.39, 0.29) is 0 Å². The summed E-state index contributed by atoms with van der Waals surface area (Å²) in [5.74, 6) is 0.240. The first-order valence-electron chi connectivity index (χ1n) is 5.76. The lowest BCUT2D eigenvalue weighted by Crippen LogP contribution is -2.09. The van der Waals surface area contributed by atoms with Crippen LogP contribution in [-0.4, -0.2) is 0 Å². The van der Waals surface area contributed by atoms with Crippen molar-refractivity contribution in [3.8, 4) is 11.5 Å². The predicted molar refractivity (Wildman–Crippen MR) is 83.2 cm³/mol. The van der Waals surface area contributed by atoms with Gasteiger partial charge in [-0.05, 0) is 41.1 Å². The van der Waals surface area contributed by atoms with Crippen LogP contribution in [0.1, 0.15) is 18.5 Å². The molecule has 0 saturated carbocycles. The molecular formula is C14H11BrCl2FNO. The topological polar surface area (TPSA) is 35.2 Å². The van der Waals surface area contributed by atoms with E-state index in [0.29, 0.717) is 31.6 Å². The molecule has 2 aromatic rings. The van der Waals surface area contributed by atoms with Gasteiger partial charge in [0.2, 0.25) is 0 Å². The Labute approximate surface area is 134 Å². The summed E-state index contributed by atoms with van der Waals surface area (Å²) in [5, 5.41) is 0.810. The van der Waals surface area contributed by atoms with Crippen molar-refractivity contribution in [3.05, 3.63) is 56.2 Å². The second-order valence-electron chi connectivity index (χ2n) is 4.24. The maximum Gasteiger partial charge on any atom is 0.147 e. The molecule has 0 heterocycles. The van der Waals surface area contributed by atoms with Gasteiger partial charge >= 0.3 is 0 Å². The van der Waals surface area contributed by atoms with Crippen molar-refractivity contribution in [2.24, 2.45) is 5.73 Å². The van der Waals surface area contributed by atoms with Gasteiger partial charge < -0.3 is 10.5 Å². The van der Waals surface area contributed by atoms with E-state index in [9.17, 15) is 4.39 Å². The molecule has 0 spiro atoms. The Kier molecular flexibility index (Phi) is 4.91. The van der Waals surface area contributed by atoms with Crippen molar-refractivity contribution < 1.29 is 9.13 Å². The molecule has 1 atom stereocenters. The molecule has 2 rings (SSSR count). The fourth-order valence-corrected chi connectivity index (χ4v) is 2.58. The van der Waals surface area contributed by atoms with Crippen LogP contribution in [0.3, 0.4) is 0 Å². The summed E-state index contributed by atoms with van der Waals surface area (Å²) in [5.41, 5.74) is 6.07. The minimum absolute atomic E-state index is 0.294. The summed E-state index contributed by atoms with van der Waals surface area (Å²) in [6.07, 6.45) is 0. The zero-order valence-corrected chi connectivity index (χ0v) is 13.6. The molecule has 0 aliphatic rings. The van der Waals surface area contributed by atoms with Crippen LogP contribution in [0, 0.1) is 5.82 Å². The monoisotopic (exact) mass is 377 g/mol. The van der Waals surface area contributed by atoms with Crippen molar-refractivity contribution in [2.45, 2.75) is 13.0 Å². The molecule has 0 radical (unpaired) electrons. The number of benzene rings is 2. The Balaban J connectivity index is 2.45. The van der Waals surface area contributed by atoms with E-state index in [2.05, 4.69) is 15.9 Å². The summed E-state index contributed by atoms with van der Waals surface area (Å²) >= 11 is 15.3. The Bertz CT molecular complexity index is 649. The third-order valence-corrected chi connectivity index (χ3v) is 4.16. The molecule has 2 aromatic carbocycles. The van der Waals surface area contributed by atoms with Crippen molar-refractivity contribution in [1.82, 2.24) is 0 Å². The number of rotatable bonds is 3. The van der Waals surface area contributed by atoms with E-state index in [1.807, 2.05) is 0 Å². The van der Waals surface area contributed by atoms with E-state index < -0.39 is 11.9 Å². The van der Waals surface area contributed by atoms with Gasteiger partial charge in [-0.3, -0.25) is 0 Å². The molecular weight excluding hydrogens is 368 g/mol. The molecule has 0 aliphatic carbocycles. The van der Waals surface area contributed by atoms with E-state index >= 15 is 0 Å². The molecule has 0 amide bonds. The van der Waals surface area contributed by atoms with Crippen LogP contribution in [0.4, 0.5) is 4.39 Å². The van der Waals surface area contributed by atoms with Crippen molar-refractivity contribution in [3.63, 3.8) is 0 Å². The van der Waals surface area contributed by atoms with Gasteiger partial charge in [-0.25, -0.2) is 4.39 Å². The highest BCUT2D eigenvalue weighted by molar-refractivity contribution is 9.10. The third kappa shape index (κ3) is 3.26. The predicted octanol–water partition coefficient (Wildman–Crippen LogP) is 5.71. The molecule has 20 heavy (non-hydrogen) atoms. The largest absolute Gasteiger partial charge is 0.455 e. The average molecular weight is 379 g/mol. The number of hydrogen-bond acceptors (Lipinski definition) is 2. The van der Waals surface area contributed by atoms with Crippen LogP contribution in [0.25, 0.3) is 0 Å². The SMILES string of the molecule is C[C@H](N)c1c(F)cccc1Oc1cc(Cl)c(Br)cc1Cl. The molecule has 106 valence electrons. The second-order valence-corrected chi connectivity index (χ2v) is 5.91. The lowest BCUT2D eigenvalue weighted by Gasteiger charge is -2.15. The Morgan fingerprint density at radius 2 is 1.90 bits per heavy atom. The van der Waals surface area contributed by atoms with E-state index in [4.69, 9.17) is 33.7 Å². The Morgan fingerprint density at radius 1 is 1.20 bits per heavy atom. The van der Waals surface area contributed by atoms with Crippen molar-refractivity contribution >= 4 is 39.1 Å². The lowest BCUT2D eigenvalue weighted by atomic mass is 10.1. The Hall–Kier alpha value is -0.810. The molecule has 0 fully saturated rings. The highest BCUT2D eigenvalue weighted by Gasteiger charge is 2.16. The van der Waals surface area contributed by atoms with Crippen LogP contribution in [0.5, 0.6) is 11.5 Å². The normalized spacial score (nSPS) is 12.3. The average Bonchev–Trinajstić information content (AvgIpc) is 2.35. The molecule has 0 saturated heterocycles. The van der Waals surface area contributed by atoms with Crippen LogP contribution in [-0.2, 0) is 0 Å². The molecule has 0 aliphatic heterocycles. The minimum atomic E-state index is -0.504. The van der Waals surface area contributed by atoms with Crippen LogP contribution in [0.2, 0.25) is 10.0 Å². The molecule has 6 heteroatoms. The number of nitrogens with two attached hydrogens (primary N) is 1. The first kappa shape index (κ1) is 15.6. The van der Waals surface area contributed by atoms with Gasteiger partial charge in [0.05, 0.1) is 10.0 Å². The summed E-state index contributed by atoms with van der Waals surface area (Å²) in [6, 6.07) is 7.19. The fraction of sp³-hybridized carbons (Fsp3) is 0.143. The standard InChI is InChI=1S/C14H11BrCl2FNO/c1-7(19)14-11(18)3-2-4-12(14)20-13-6-9(16)8(15)5-10(13)17/h2-7H,19H2,1H3/t7-/m0/s1. The Morgan fingerprint density at radius 3 is 2.55 bits per heavy atom. The minimum Gasteiger partial charge on any atom is -0.455 e. The van der Waals surface area contributed by atoms with Crippen LogP contribution in [0.15, 0.2) is 34.8 Å². The van der Waals surface area contributed by atoms with Crippen molar-refractivity contribution in [2.75, 3.05) is 0 Å². The molecule has 2 N–H and O–H groups in total. The van der Waals surface area contributed by atoms with Gasteiger partial charge in [-0.15, -0.1) is 0 Å². The fourth-order valence-electron chi connectivity index (χ4n) is 1.75. The second kappa shape index (κ2) is 6.31. The van der Waals surface area contributed by atoms with Crippen LogP contribution < -0.4 is 10.5 Å². The first-order chi connectivity index (χ1) is 9.40. The summed E-state index contributed by atoms with van der Waals surface area (Å²) in [7, 11) is 0. The number of halogens is 4. The van der Waals surface area contributed by atoms with Gasteiger partial charge in [0, 0.05) is 22.1 Å². The third-order valence-electron chi connectivity index (χ3n) is 2.66. The molecule has 0 bridgehead atoms. The molecule has 0 unspecified atom stereocenters. The van der Waals surface area contributed by atoms with E-state index in [1.165, 1.54) is 6.07 Å².